The van der Waals surface area contributed by atoms with Gasteiger partial charge in [-0.25, -0.2) is 8.42 Å². The Morgan fingerprint density at radius 2 is 1.50 bits per heavy atom. The van der Waals surface area contributed by atoms with Crippen LogP contribution < -0.4 is 23.8 Å². The van der Waals surface area contributed by atoms with Crippen LogP contribution in [0.15, 0.2) is 102 Å². The molecule has 50 heavy (non-hydrogen) atoms. The van der Waals surface area contributed by atoms with Crippen LogP contribution >= 0.6 is 11.6 Å². The molecule has 0 saturated carbocycles. The highest BCUT2D eigenvalue weighted by Crippen LogP contribution is 2.33. The number of carbonyl (C=O) groups is 2. The van der Waals surface area contributed by atoms with Crippen LogP contribution in [0.4, 0.5) is 5.69 Å². The van der Waals surface area contributed by atoms with Crippen LogP contribution in [0.5, 0.6) is 17.2 Å². The van der Waals surface area contributed by atoms with Gasteiger partial charge in [0, 0.05) is 29.6 Å². The molecule has 1 atom stereocenters. The second-order valence-corrected chi connectivity index (χ2v) is 14.9. The Bertz CT molecular complexity index is 1860. The predicted molar refractivity (Wildman–Crippen MR) is 196 cm³/mol. The number of carbonyl (C=O) groups excluding carboxylic acids is 2. The Labute approximate surface area is 300 Å². The van der Waals surface area contributed by atoms with Gasteiger partial charge in [0.05, 0.1) is 31.4 Å². The van der Waals surface area contributed by atoms with E-state index in [2.05, 4.69) is 5.32 Å². The van der Waals surface area contributed by atoms with E-state index in [-0.39, 0.29) is 35.2 Å². The summed E-state index contributed by atoms with van der Waals surface area (Å²) in [6.07, 6.45) is 0.181. The average molecular weight is 722 g/mol. The van der Waals surface area contributed by atoms with Crippen molar-refractivity contribution in [2.75, 3.05) is 31.7 Å². The summed E-state index contributed by atoms with van der Waals surface area (Å²) in [7, 11) is -1.53. The summed E-state index contributed by atoms with van der Waals surface area (Å²) >= 11 is 6.34. The molecule has 4 rings (SSSR count). The van der Waals surface area contributed by atoms with Crippen LogP contribution in [0.3, 0.4) is 0 Å². The number of hydrogen-bond donors (Lipinski definition) is 1. The van der Waals surface area contributed by atoms with Gasteiger partial charge >= 0.3 is 0 Å². The molecule has 0 bridgehead atoms. The maximum Gasteiger partial charge on any atom is 0.264 e. The molecule has 4 aromatic rings. The normalized spacial score (nSPS) is 12.1. The second-order valence-electron chi connectivity index (χ2n) is 12.6. The van der Waals surface area contributed by atoms with Crippen molar-refractivity contribution in [3.05, 3.63) is 113 Å². The molecular weight excluding hydrogens is 678 g/mol. The van der Waals surface area contributed by atoms with E-state index in [0.717, 1.165) is 9.87 Å². The molecule has 4 aromatic carbocycles. The molecule has 0 aliphatic rings. The summed E-state index contributed by atoms with van der Waals surface area (Å²) < 4.78 is 46.3. The molecule has 266 valence electrons. The fourth-order valence-corrected chi connectivity index (χ4v) is 6.99. The molecule has 1 N–H and O–H groups in total. The highest BCUT2D eigenvalue weighted by molar-refractivity contribution is 7.92. The van der Waals surface area contributed by atoms with Gasteiger partial charge in [-0.05, 0) is 87.4 Å². The molecule has 10 nitrogen and oxygen atoms in total. The Kier molecular flexibility index (Phi) is 12.8. The highest BCUT2D eigenvalue weighted by atomic mass is 35.5. The van der Waals surface area contributed by atoms with Crippen LogP contribution in [0.1, 0.15) is 38.8 Å². The van der Waals surface area contributed by atoms with Crippen molar-refractivity contribution in [1.82, 2.24) is 10.2 Å². The maximum atomic E-state index is 14.7. The molecule has 0 spiro atoms. The van der Waals surface area contributed by atoms with Crippen LogP contribution in [-0.4, -0.2) is 64.1 Å². The predicted octanol–water partition coefficient (Wildman–Crippen LogP) is 6.51. The Hall–Kier alpha value is -4.74. The number of ether oxygens (including phenoxy) is 3. The van der Waals surface area contributed by atoms with E-state index in [0.29, 0.717) is 28.7 Å². The molecular formula is C38H44ClN3O7S. The van der Waals surface area contributed by atoms with Gasteiger partial charge in [0.25, 0.3) is 10.0 Å². The van der Waals surface area contributed by atoms with Gasteiger partial charge in [-0.2, -0.15) is 0 Å². The van der Waals surface area contributed by atoms with Gasteiger partial charge in [0.2, 0.25) is 11.8 Å². The molecule has 2 amide bonds. The van der Waals surface area contributed by atoms with Gasteiger partial charge < -0.3 is 24.4 Å². The van der Waals surface area contributed by atoms with E-state index < -0.39 is 34.1 Å². The Balaban J connectivity index is 1.85. The summed E-state index contributed by atoms with van der Waals surface area (Å²) in [5.41, 5.74) is 1.11. The summed E-state index contributed by atoms with van der Waals surface area (Å²) in [5.74, 6) is 0.0998. The van der Waals surface area contributed by atoms with Gasteiger partial charge in [-0.3, -0.25) is 13.9 Å². The highest BCUT2D eigenvalue weighted by Gasteiger charge is 2.36. The van der Waals surface area contributed by atoms with Crippen molar-refractivity contribution in [3.63, 3.8) is 0 Å². The summed E-state index contributed by atoms with van der Waals surface area (Å²) in [6, 6.07) is 26.0. The maximum absolute atomic E-state index is 14.7. The third-order valence-electron chi connectivity index (χ3n) is 7.67. The lowest BCUT2D eigenvalue weighted by molar-refractivity contribution is -0.140. The van der Waals surface area contributed by atoms with E-state index in [1.165, 1.54) is 37.3 Å². The first-order valence-electron chi connectivity index (χ1n) is 16.1. The lowest BCUT2D eigenvalue weighted by Crippen LogP contribution is -2.56. The monoisotopic (exact) mass is 721 g/mol. The molecule has 0 fully saturated rings. The van der Waals surface area contributed by atoms with E-state index in [4.69, 9.17) is 25.8 Å². The lowest BCUT2D eigenvalue weighted by Gasteiger charge is -2.35. The summed E-state index contributed by atoms with van der Waals surface area (Å²) in [6.45, 7) is 7.20. The Morgan fingerprint density at radius 1 is 0.840 bits per heavy atom. The number of hydrogen-bond acceptors (Lipinski definition) is 7. The summed E-state index contributed by atoms with van der Waals surface area (Å²) in [4.78, 5) is 30.1. The average Bonchev–Trinajstić information content (AvgIpc) is 3.08. The number of nitrogens with one attached hydrogen (secondary N) is 1. The number of amides is 2. The Morgan fingerprint density at radius 3 is 2.10 bits per heavy atom. The zero-order valence-electron chi connectivity index (χ0n) is 29.2. The third-order valence-corrected chi connectivity index (χ3v) is 9.67. The van der Waals surface area contributed by atoms with E-state index in [1.807, 2.05) is 58.0 Å². The molecule has 0 saturated heterocycles. The molecule has 12 heteroatoms. The molecule has 0 aromatic heterocycles. The van der Waals surface area contributed by atoms with Gasteiger partial charge in [0.1, 0.15) is 18.3 Å². The van der Waals surface area contributed by atoms with Crippen LogP contribution in [-0.2, 0) is 32.6 Å². The number of halogens is 1. The van der Waals surface area contributed by atoms with Crippen molar-refractivity contribution >= 4 is 39.1 Å². The first-order valence-corrected chi connectivity index (χ1v) is 17.9. The summed E-state index contributed by atoms with van der Waals surface area (Å²) in [5, 5.41) is 3.48. The molecule has 1 unspecified atom stereocenters. The number of methoxy groups -OCH3 is 2. The number of nitrogens with zero attached hydrogens (tertiary/aromatic N) is 2. The second kappa shape index (κ2) is 16.8. The third kappa shape index (κ3) is 9.92. The van der Waals surface area contributed by atoms with Gasteiger partial charge in [-0.1, -0.05) is 54.1 Å². The SMILES string of the molecule is CCOc1ccc(N(CC(=O)N(Cc2cccc(Cl)c2)C(Cc2ccccc2)C(=O)NC(C)(C)C)S(=O)(=O)c2ccc(OC)c(OC)c2)cc1. The first-order chi connectivity index (χ1) is 23.7. The van der Waals surface area contributed by atoms with Gasteiger partial charge in [0.15, 0.2) is 11.5 Å². The van der Waals surface area contributed by atoms with Crippen LogP contribution in [0.25, 0.3) is 0 Å². The molecule has 0 aliphatic heterocycles. The van der Waals surface area contributed by atoms with Gasteiger partial charge in [-0.15, -0.1) is 0 Å². The van der Waals surface area contributed by atoms with E-state index >= 15 is 0 Å². The van der Waals surface area contributed by atoms with Crippen LogP contribution in [0, 0.1) is 0 Å². The number of benzene rings is 4. The molecule has 0 aliphatic carbocycles. The van der Waals surface area contributed by atoms with Crippen molar-refractivity contribution in [3.8, 4) is 17.2 Å². The minimum atomic E-state index is -4.39. The van der Waals surface area contributed by atoms with Crippen molar-refractivity contribution in [1.29, 1.82) is 0 Å². The smallest absolute Gasteiger partial charge is 0.264 e. The largest absolute Gasteiger partial charge is 0.494 e. The van der Waals surface area contributed by atoms with Crippen molar-refractivity contribution < 1.29 is 32.2 Å². The number of anilines is 1. The minimum absolute atomic E-state index is 0.0119. The fourth-order valence-electron chi connectivity index (χ4n) is 5.35. The minimum Gasteiger partial charge on any atom is -0.494 e. The number of rotatable bonds is 15. The van der Waals surface area contributed by atoms with E-state index in [9.17, 15) is 18.0 Å². The van der Waals surface area contributed by atoms with Crippen LogP contribution in [0.2, 0.25) is 5.02 Å². The lowest BCUT2D eigenvalue weighted by atomic mass is 10.0. The number of sulfonamides is 1. The van der Waals surface area contributed by atoms with E-state index in [1.54, 1.807) is 48.5 Å². The topological polar surface area (TPSA) is 114 Å². The zero-order valence-corrected chi connectivity index (χ0v) is 30.8. The quantitative estimate of drug-likeness (QED) is 0.149. The zero-order chi connectivity index (χ0) is 36.5. The van der Waals surface area contributed by atoms with Crippen molar-refractivity contribution in [2.24, 2.45) is 0 Å². The molecule has 0 radical (unpaired) electrons. The standard InChI is InChI=1S/C38H44ClN3O7S/c1-7-49-31-18-16-30(17-19-31)42(50(45,46)32-20-21-34(47-5)35(24-32)48-6)26-36(43)41(25-28-14-11-15-29(39)22-28)33(37(44)40-38(2,3)4)23-27-12-9-8-10-13-27/h8-22,24,33H,7,23,25-26H2,1-6H3,(H,40,44). The van der Waals surface area contributed by atoms with Crippen molar-refractivity contribution in [2.45, 2.75) is 57.1 Å². The fraction of sp³-hybridized carbons (Fsp3) is 0.316. The first kappa shape index (κ1) is 38.1. The molecule has 0 heterocycles.